The highest BCUT2D eigenvalue weighted by Crippen LogP contribution is 2.14. The molecule has 2 amide bonds. The van der Waals surface area contributed by atoms with Crippen LogP contribution in [0.15, 0.2) is 54.6 Å². The molecule has 0 unspecified atom stereocenters. The van der Waals surface area contributed by atoms with Gasteiger partial charge in [0.15, 0.2) is 0 Å². The van der Waals surface area contributed by atoms with E-state index in [-0.39, 0.29) is 11.8 Å². The maximum absolute atomic E-state index is 13.0. The summed E-state index contributed by atoms with van der Waals surface area (Å²) in [5, 5.41) is 3.42. The van der Waals surface area contributed by atoms with Gasteiger partial charge in [-0.25, -0.2) is 0 Å². The topological polar surface area (TPSA) is 49.4 Å². The van der Waals surface area contributed by atoms with Crippen molar-refractivity contribution in [2.45, 2.75) is 31.7 Å². The van der Waals surface area contributed by atoms with Crippen LogP contribution in [-0.4, -0.2) is 35.8 Å². The Labute approximate surface area is 159 Å². The third-order valence-electron chi connectivity index (χ3n) is 4.64. The number of hydrogen-bond donors (Lipinski definition) is 1. The molecule has 0 aromatic heterocycles. The molecule has 3 rings (SSSR count). The molecule has 1 aliphatic rings. The van der Waals surface area contributed by atoms with Gasteiger partial charge in [-0.2, -0.15) is 0 Å². The number of carbonyl (C=O) groups is 2. The summed E-state index contributed by atoms with van der Waals surface area (Å²) in [6, 6.07) is 16.0. The van der Waals surface area contributed by atoms with Gasteiger partial charge in [-0.1, -0.05) is 48.0 Å². The molecule has 0 aliphatic carbocycles. The Hall–Kier alpha value is -2.33. The molecule has 1 fully saturated rings. The lowest BCUT2D eigenvalue weighted by molar-refractivity contribution is -0.134. The van der Waals surface area contributed by atoms with E-state index in [2.05, 4.69) is 5.32 Å². The third-order valence-corrected chi connectivity index (χ3v) is 4.88. The fourth-order valence-corrected chi connectivity index (χ4v) is 3.45. The van der Waals surface area contributed by atoms with Crippen LogP contribution >= 0.6 is 11.6 Å². The van der Waals surface area contributed by atoms with E-state index in [1.165, 1.54) is 0 Å². The van der Waals surface area contributed by atoms with E-state index in [1.54, 1.807) is 24.3 Å². The van der Waals surface area contributed by atoms with E-state index in [1.807, 2.05) is 35.2 Å². The minimum Gasteiger partial charge on any atom is -0.341 e. The average Bonchev–Trinajstić information content (AvgIpc) is 2.68. The lowest BCUT2D eigenvalue weighted by atomic mass is 10.0. The van der Waals surface area contributed by atoms with Gasteiger partial charge in [0.05, 0.1) is 0 Å². The van der Waals surface area contributed by atoms with Gasteiger partial charge in [0.1, 0.15) is 6.04 Å². The molecule has 4 nitrogen and oxygen atoms in total. The van der Waals surface area contributed by atoms with Crippen LogP contribution in [0.2, 0.25) is 5.02 Å². The van der Waals surface area contributed by atoms with Crippen LogP contribution in [0, 0.1) is 0 Å². The van der Waals surface area contributed by atoms with Crippen molar-refractivity contribution in [2.24, 2.45) is 0 Å². The van der Waals surface area contributed by atoms with Crippen LogP contribution in [0.1, 0.15) is 35.2 Å². The predicted octanol–water partition coefficient (Wildman–Crippen LogP) is 3.69. The summed E-state index contributed by atoms with van der Waals surface area (Å²) in [5.41, 5.74) is 1.48. The molecule has 26 heavy (non-hydrogen) atoms. The van der Waals surface area contributed by atoms with Crippen molar-refractivity contribution in [3.05, 3.63) is 70.7 Å². The maximum atomic E-state index is 13.0. The van der Waals surface area contributed by atoms with Gasteiger partial charge in [-0.05, 0) is 43.0 Å². The van der Waals surface area contributed by atoms with E-state index < -0.39 is 6.04 Å². The normalized spacial score (nSPS) is 15.3. The number of nitrogens with one attached hydrogen (secondary N) is 1. The minimum atomic E-state index is -0.581. The Morgan fingerprint density at radius 2 is 1.73 bits per heavy atom. The van der Waals surface area contributed by atoms with Crippen LogP contribution in [0.5, 0.6) is 0 Å². The van der Waals surface area contributed by atoms with Gasteiger partial charge < -0.3 is 10.2 Å². The predicted molar refractivity (Wildman–Crippen MR) is 103 cm³/mol. The highest BCUT2D eigenvalue weighted by atomic mass is 35.5. The lowest BCUT2D eigenvalue weighted by Gasteiger charge is -2.31. The van der Waals surface area contributed by atoms with Gasteiger partial charge in [-0.3, -0.25) is 9.59 Å². The van der Waals surface area contributed by atoms with Crippen molar-refractivity contribution in [3.8, 4) is 0 Å². The number of halogens is 1. The summed E-state index contributed by atoms with van der Waals surface area (Å²) in [6.07, 6.45) is 3.67. The molecule has 1 heterocycles. The van der Waals surface area contributed by atoms with Crippen LogP contribution in [0.25, 0.3) is 0 Å². The van der Waals surface area contributed by atoms with Gasteiger partial charge in [-0.15, -0.1) is 0 Å². The maximum Gasteiger partial charge on any atom is 0.251 e. The summed E-state index contributed by atoms with van der Waals surface area (Å²) in [6.45, 7) is 1.52. The minimum absolute atomic E-state index is 0.0102. The summed E-state index contributed by atoms with van der Waals surface area (Å²) in [5.74, 6) is -0.289. The molecule has 0 saturated carbocycles. The van der Waals surface area contributed by atoms with Crippen molar-refractivity contribution in [1.29, 1.82) is 0 Å². The number of likely N-dealkylation sites (tertiary alicyclic amines) is 1. The van der Waals surface area contributed by atoms with Crippen LogP contribution < -0.4 is 5.32 Å². The fraction of sp³-hybridized carbons (Fsp3) is 0.333. The Morgan fingerprint density at radius 1 is 1.00 bits per heavy atom. The summed E-state index contributed by atoms with van der Waals surface area (Å²) in [7, 11) is 0. The summed E-state index contributed by atoms with van der Waals surface area (Å²) in [4.78, 5) is 27.5. The first-order valence-corrected chi connectivity index (χ1v) is 9.40. The van der Waals surface area contributed by atoms with Crippen LogP contribution in [0.3, 0.4) is 0 Å². The highest BCUT2D eigenvalue weighted by Gasteiger charge is 2.27. The largest absolute Gasteiger partial charge is 0.341 e. The third kappa shape index (κ3) is 4.85. The fourth-order valence-electron chi connectivity index (χ4n) is 3.26. The highest BCUT2D eigenvalue weighted by molar-refractivity contribution is 6.31. The molecule has 0 bridgehead atoms. The number of amides is 2. The first-order chi connectivity index (χ1) is 12.6. The average molecular weight is 371 g/mol. The number of carbonyl (C=O) groups excluding carboxylic acids is 2. The standard InChI is InChI=1S/C21H23ClN2O2/c22-18-11-7-10-17(15-18)20(25)23-19(14-16-8-3-1-4-9-16)21(26)24-12-5-2-6-13-24/h1,3-4,7-11,15,19H,2,5-6,12-14H2,(H,23,25)/t19-/m0/s1. The molecule has 1 aliphatic heterocycles. The van der Waals surface area contributed by atoms with Crippen molar-refractivity contribution in [3.63, 3.8) is 0 Å². The quantitative estimate of drug-likeness (QED) is 0.872. The molecular weight excluding hydrogens is 348 g/mol. The Morgan fingerprint density at radius 3 is 2.42 bits per heavy atom. The Bertz CT molecular complexity index is 758. The second kappa shape index (κ2) is 8.86. The zero-order chi connectivity index (χ0) is 18.4. The number of piperidine rings is 1. The van der Waals surface area contributed by atoms with Gasteiger partial charge in [0.2, 0.25) is 5.91 Å². The van der Waals surface area contributed by atoms with Crippen LogP contribution in [-0.2, 0) is 11.2 Å². The lowest BCUT2D eigenvalue weighted by Crippen LogP contribution is -2.51. The van der Waals surface area contributed by atoms with E-state index >= 15 is 0 Å². The van der Waals surface area contributed by atoms with Gasteiger partial charge in [0.25, 0.3) is 5.91 Å². The van der Waals surface area contributed by atoms with E-state index in [9.17, 15) is 9.59 Å². The Kier molecular flexibility index (Phi) is 6.29. The molecule has 0 radical (unpaired) electrons. The van der Waals surface area contributed by atoms with Crippen molar-refractivity contribution < 1.29 is 9.59 Å². The van der Waals surface area contributed by atoms with Gasteiger partial charge in [0, 0.05) is 30.1 Å². The first kappa shape index (κ1) is 18.5. The molecule has 0 spiro atoms. The van der Waals surface area contributed by atoms with Crippen molar-refractivity contribution in [2.75, 3.05) is 13.1 Å². The van der Waals surface area contributed by atoms with E-state index in [4.69, 9.17) is 11.6 Å². The molecule has 1 atom stereocenters. The second-order valence-electron chi connectivity index (χ2n) is 6.61. The molecule has 136 valence electrons. The monoisotopic (exact) mass is 370 g/mol. The summed E-state index contributed by atoms with van der Waals surface area (Å²) >= 11 is 5.98. The van der Waals surface area contributed by atoms with Gasteiger partial charge >= 0.3 is 0 Å². The zero-order valence-electron chi connectivity index (χ0n) is 14.7. The number of hydrogen-bond acceptors (Lipinski definition) is 2. The summed E-state index contributed by atoms with van der Waals surface area (Å²) < 4.78 is 0. The molecule has 2 aromatic rings. The molecule has 5 heteroatoms. The first-order valence-electron chi connectivity index (χ1n) is 9.02. The van der Waals surface area contributed by atoms with Crippen molar-refractivity contribution >= 4 is 23.4 Å². The molecule has 1 N–H and O–H groups in total. The molecule has 2 aromatic carbocycles. The Balaban J connectivity index is 1.77. The van der Waals surface area contributed by atoms with Crippen molar-refractivity contribution in [1.82, 2.24) is 10.2 Å². The number of nitrogens with zero attached hydrogens (tertiary/aromatic N) is 1. The smallest absolute Gasteiger partial charge is 0.251 e. The number of rotatable bonds is 5. The SMILES string of the molecule is O=C(N[C@@H](Cc1ccccc1)C(=O)N1CCCCC1)c1cccc(Cl)c1. The second-order valence-corrected chi connectivity index (χ2v) is 7.05. The molecule has 1 saturated heterocycles. The zero-order valence-corrected chi connectivity index (χ0v) is 15.4. The molecular formula is C21H23ClN2O2. The van der Waals surface area contributed by atoms with Crippen LogP contribution in [0.4, 0.5) is 0 Å². The van der Waals surface area contributed by atoms with E-state index in [0.29, 0.717) is 17.0 Å². The van der Waals surface area contributed by atoms with E-state index in [0.717, 1.165) is 37.9 Å². The number of benzene rings is 2.